The molecule has 2 heterocycles. The van der Waals surface area contributed by atoms with Crippen LogP contribution in [-0.4, -0.2) is 29.1 Å². The zero-order valence-corrected chi connectivity index (χ0v) is 13.3. The van der Waals surface area contributed by atoms with E-state index < -0.39 is 0 Å². The lowest BCUT2D eigenvalue weighted by Gasteiger charge is -2.37. The molecule has 5 heteroatoms. The molecule has 1 aromatic carbocycles. The Morgan fingerprint density at radius 3 is 2.86 bits per heavy atom. The normalized spacial score (nSPS) is 22.5. The monoisotopic (exact) mass is 303 g/mol. The molecule has 0 radical (unpaired) electrons. The smallest absolute Gasteiger partial charge is 0.205 e. The molecule has 2 aromatic rings. The summed E-state index contributed by atoms with van der Waals surface area (Å²) >= 11 is 1.48. The first kappa shape index (κ1) is 14.5. The van der Waals surface area contributed by atoms with Crippen molar-refractivity contribution in [2.75, 3.05) is 18.6 Å². The number of aromatic nitrogens is 2. The van der Waals surface area contributed by atoms with Crippen LogP contribution in [0.3, 0.4) is 0 Å². The van der Waals surface area contributed by atoms with E-state index >= 15 is 0 Å². The fraction of sp³-hybridized carbons (Fsp3) is 0.500. The average molecular weight is 303 g/mol. The molecule has 2 atom stereocenters. The summed E-state index contributed by atoms with van der Waals surface area (Å²) in [6.45, 7) is 3.82. The minimum atomic E-state index is 0.491. The molecular weight excluding hydrogens is 282 g/mol. The molecule has 0 saturated carbocycles. The summed E-state index contributed by atoms with van der Waals surface area (Å²) in [4.78, 5) is 6.97. The van der Waals surface area contributed by atoms with Crippen LogP contribution in [0.2, 0.25) is 0 Å². The van der Waals surface area contributed by atoms with Crippen molar-refractivity contribution < 1.29 is 4.74 Å². The minimum absolute atomic E-state index is 0.491. The van der Waals surface area contributed by atoms with Crippen LogP contribution in [0.4, 0.5) is 5.13 Å². The second kappa shape index (κ2) is 6.54. The molecule has 21 heavy (non-hydrogen) atoms. The molecule has 0 unspecified atom stereocenters. The summed E-state index contributed by atoms with van der Waals surface area (Å²) in [5, 5.41) is 1.03. The van der Waals surface area contributed by atoms with Gasteiger partial charge in [0.15, 0.2) is 5.82 Å². The maximum Gasteiger partial charge on any atom is 0.205 e. The predicted molar refractivity (Wildman–Crippen MR) is 85.8 cm³/mol. The topological polar surface area (TPSA) is 38.2 Å². The van der Waals surface area contributed by atoms with Crippen LogP contribution in [0.5, 0.6) is 0 Å². The van der Waals surface area contributed by atoms with E-state index in [1.807, 2.05) is 0 Å². The molecular formula is C16H21N3OS. The maximum atomic E-state index is 5.09. The van der Waals surface area contributed by atoms with E-state index in [4.69, 9.17) is 4.74 Å². The first-order chi connectivity index (χ1) is 10.3. The van der Waals surface area contributed by atoms with Gasteiger partial charge < -0.3 is 9.64 Å². The van der Waals surface area contributed by atoms with Gasteiger partial charge in [0.05, 0.1) is 0 Å². The molecule has 0 N–H and O–H groups in total. The van der Waals surface area contributed by atoms with Crippen LogP contribution in [0.25, 0.3) is 0 Å². The molecule has 4 nitrogen and oxygen atoms in total. The van der Waals surface area contributed by atoms with Crippen LogP contribution in [-0.2, 0) is 11.3 Å². The fourth-order valence-electron chi connectivity index (χ4n) is 3.03. The molecule has 1 aromatic heterocycles. The SMILES string of the molecule is COCc1nsc(N2CC[C@@H](c3ccccc3)C[C@H]2C)n1. The first-order valence-electron chi connectivity index (χ1n) is 7.41. The summed E-state index contributed by atoms with van der Waals surface area (Å²) in [7, 11) is 1.68. The number of piperidine rings is 1. The Morgan fingerprint density at radius 1 is 1.33 bits per heavy atom. The molecule has 0 spiro atoms. The van der Waals surface area contributed by atoms with E-state index in [0.717, 1.165) is 17.5 Å². The third kappa shape index (κ3) is 3.24. The van der Waals surface area contributed by atoms with Crippen molar-refractivity contribution in [3.63, 3.8) is 0 Å². The van der Waals surface area contributed by atoms with Gasteiger partial charge in [-0.3, -0.25) is 0 Å². The highest BCUT2D eigenvalue weighted by Gasteiger charge is 2.28. The van der Waals surface area contributed by atoms with E-state index in [1.54, 1.807) is 7.11 Å². The largest absolute Gasteiger partial charge is 0.377 e. The van der Waals surface area contributed by atoms with Gasteiger partial charge in [-0.25, -0.2) is 4.98 Å². The van der Waals surface area contributed by atoms with Gasteiger partial charge in [0.1, 0.15) is 6.61 Å². The van der Waals surface area contributed by atoms with E-state index in [9.17, 15) is 0 Å². The number of hydrogen-bond donors (Lipinski definition) is 0. The Bertz CT molecular complexity index is 572. The lowest BCUT2D eigenvalue weighted by Crippen LogP contribution is -2.40. The Labute approximate surface area is 129 Å². The molecule has 1 aliphatic rings. The standard InChI is InChI=1S/C16H21N3OS/c1-12-10-14(13-6-4-3-5-7-13)8-9-19(12)16-17-15(11-20-2)18-21-16/h3-7,12,14H,8-11H2,1-2H3/t12-,14-/m1/s1. The molecule has 112 valence electrons. The highest BCUT2D eigenvalue weighted by atomic mass is 32.1. The number of benzene rings is 1. The van der Waals surface area contributed by atoms with Gasteiger partial charge in [-0.1, -0.05) is 30.3 Å². The Morgan fingerprint density at radius 2 is 2.14 bits per heavy atom. The van der Waals surface area contributed by atoms with Crippen molar-refractivity contribution in [2.45, 2.75) is 38.3 Å². The first-order valence-corrected chi connectivity index (χ1v) is 8.18. The Kier molecular flexibility index (Phi) is 4.51. The van der Waals surface area contributed by atoms with Crippen LogP contribution in [0, 0.1) is 0 Å². The maximum absolute atomic E-state index is 5.09. The lowest BCUT2D eigenvalue weighted by molar-refractivity contribution is 0.179. The van der Waals surface area contributed by atoms with Crippen molar-refractivity contribution >= 4 is 16.7 Å². The lowest BCUT2D eigenvalue weighted by atomic mass is 9.86. The fourth-order valence-corrected chi connectivity index (χ4v) is 3.84. The Hall–Kier alpha value is -1.46. The van der Waals surface area contributed by atoms with Crippen LogP contribution in [0.15, 0.2) is 30.3 Å². The number of methoxy groups -OCH3 is 1. The summed E-state index contributed by atoms with van der Waals surface area (Å²) in [6, 6.07) is 11.3. The van der Waals surface area contributed by atoms with Crippen molar-refractivity contribution in [1.82, 2.24) is 9.36 Å². The van der Waals surface area contributed by atoms with Gasteiger partial charge in [-0.05, 0) is 31.2 Å². The van der Waals surface area contributed by atoms with Gasteiger partial charge in [-0.2, -0.15) is 4.37 Å². The van der Waals surface area contributed by atoms with E-state index in [-0.39, 0.29) is 0 Å². The summed E-state index contributed by atoms with van der Waals surface area (Å²) < 4.78 is 9.45. The Balaban J connectivity index is 1.68. The van der Waals surface area contributed by atoms with Gasteiger partial charge in [0, 0.05) is 31.2 Å². The molecule has 1 fully saturated rings. The molecule has 0 aliphatic carbocycles. The van der Waals surface area contributed by atoms with Crippen LogP contribution >= 0.6 is 11.5 Å². The minimum Gasteiger partial charge on any atom is -0.377 e. The second-order valence-electron chi connectivity index (χ2n) is 5.60. The third-order valence-electron chi connectivity index (χ3n) is 4.12. The quantitative estimate of drug-likeness (QED) is 0.867. The predicted octanol–water partition coefficient (Wildman–Crippen LogP) is 3.46. The zero-order valence-electron chi connectivity index (χ0n) is 12.5. The van der Waals surface area contributed by atoms with Crippen molar-refractivity contribution in [3.05, 3.63) is 41.7 Å². The van der Waals surface area contributed by atoms with Gasteiger partial charge >= 0.3 is 0 Å². The van der Waals surface area contributed by atoms with Crippen molar-refractivity contribution in [1.29, 1.82) is 0 Å². The molecule has 0 bridgehead atoms. The summed E-state index contributed by atoms with van der Waals surface area (Å²) in [5.74, 6) is 1.44. The molecule has 3 rings (SSSR count). The number of nitrogens with zero attached hydrogens (tertiary/aromatic N) is 3. The van der Waals surface area contributed by atoms with Gasteiger partial charge in [0.25, 0.3) is 0 Å². The van der Waals surface area contributed by atoms with Gasteiger partial charge in [0.2, 0.25) is 5.13 Å². The van der Waals surface area contributed by atoms with E-state index in [0.29, 0.717) is 18.6 Å². The summed E-state index contributed by atoms with van der Waals surface area (Å²) in [5.41, 5.74) is 1.46. The molecule has 1 saturated heterocycles. The van der Waals surface area contributed by atoms with Crippen LogP contribution in [0.1, 0.15) is 37.1 Å². The molecule has 1 aliphatic heterocycles. The number of anilines is 1. The van der Waals surface area contributed by atoms with Gasteiger partial charge in [-0.15, -0.1) is 0 Å². The third-order valence-corrected chi connectivity index (χ3v) is 4.91. The second-order valence-corrected chi connectivity index (χ2v) is 6.33. The van der Waals surface area contributed by atoms with Crippen molar-refractivity contribution in [3.8, 4) is 0 Å². The van der Waals surface area contributed by atoms with E-state index in [1.165, 1.54) is 29.9 Å². The summed E-state index contributed by atoms with van der Waals surface area (Å²) in [6.07, 6.45) is 2.34. The highest BCUT2D eigenvalue weighted by molar-refractivity contribution is 7.09. The number of ether oxygens (including phenoxy) is 1. The molecule has 0 amide bonds. The number of hydrogen-bond acceptors (Lipinski definition) is 5. The van der Waals surface area contributed by atoms with Crippen LogP contribution < -0.4 is 4.90 Å². The van der Waals surface area contributed by atoms with Crippen molar-refractivity contribution in [2.24, 2.45) is 0 Å². The highest BCUT2D eigenvalue weighted by Crippen LogP contribution is 2.34. The average Bonchev–Trinajstić information content (AvgIpc) is 2.97. The number of rotatable bonds is 4. The zero-order chi connectivity index (χ0) is 14.7. The van der Waals surface area contributed by atoms with E-state index in [2.05, 4.69) is 51.5 Å².